The summed E-state index contributed by atoms with van der Waals surface area (Å²) in [6, 6.07) is 0. The zero-order valence-electron chi connectivity index (χ0n) is 12.8. The summed E-state index contributed by atoms with van der Waals surface area (Å²) in [6.45, 7) is 10.9. The summed E-state index contributed by atoms with van der Waals surface area (Å²) in [4.78, 5) is 4.54. The highest BCUT2D eigenvalue weighted by molar-refractivity contribution is 5.84. The lowest BCUT2D eigenvalue weighted by molar-refractivity contribution is 0.628. The lowest BCUT2D eigenvalue weighted by atomic mass is 9.89. The molecule has 0 radical (unpaired) electrons. The van der Waals surface area contributed by atoms with E-state index in [0.717, 1.165) is 17.7 Å². The topological polar surface area (TPSA) is 36.2 Å². The minimum absolute atomic E-state index is 0.426. The minimum Gasteiger partial charge on any atom is -0.308 e. The van der Waals surface area contributed by atoms with E-state index in [9.17, 15) is 0 Å². The van der Waals surface area contributed by atoms with Crippen LogP contribution in [-0.2, 0) is 0 Å². The normalized spacial score (nSPS) is 26.5. The molecule has 0 bridgehead atoms. The molecule has 2 nitrogen and oxygen atoms in total. The van der Waals surface area contributed by atoms with Crippen molar-refractivity contribution in [3.63, 3.8) is 0 Å². The van der Waals surface area contributed by atoms with E-state index in [4.69, 9.17) is 5.41 Å². The third kappa shape index (κ3) is 4.98. The van der Waals surface area contributed by atoms with E-state index >= 15 is 0 Å². The molecule has 0 spiro atoms. The maximum Gasteiger partial charge on any atom is 0.0676 e. The largest absolute Gasteiger partial charge is 0.308 e. The van der Waals surface area contributed by atoms with Crippen LogP contribution in [0.2, 0.25) is 0 Å². The number of allylic oxidation sites excluding steroid dienone is 5. The zero-order valence-corrected chi connectivity index (χ0v) is 12.8. The molecule has 1 unspecified atom stereocenters. The molecule has 1 aliphatic rings. The number of aliphatic imine (C=N–C) groups is 1. The number of hydrogen-bond donors (Lipinski definition) is 1. The van der Waals surface area contributed by atoms with Gasteiger partial charge in [-0.3, -0.25) is 4.99 Å². The van der Waals surface area contributed by atoms with Crippen LogP contribution >= 0.6 is 0 Å². The number of nitrogens with zero attached hydrogens (tertiary/aromatic N) is 1. The summed E-state index contributed by atoms with van der Waals surface area (Å²) in [6.07, 6.45) is 10.8. The second-order valence-corrected chi connectivity index (χ2v) is 5.92. The maximum absolute atomic E-state index is 7.58. The van der Waals surface area contributed by atoms with Crippen LogP contribution in [0, 0.1) is 23.2 Å². The first-order chi connectivity index (χ1) is 8.93. The van der Waals surface area contributed by atoms with Gasteiger partial charge in [0.2, 0.25) is 0 Å². The molecular formula is C17H26N2. The fraction of sp³-hybridized carbons (Fsp3) is 0.529. The summed E-state index contributed by atoms with van der Waals surface area (Å²) in [5, 5.41) is 7.58. The Morgan fingerprint density at radius 3 is 2.47 bits per heavy atom. The molecule has 0 saturated carbocycles. The first-order valence-electron chi connectivity index (χ1n) is 7.11. The van der Waals surface area contributed by atoms with Crippen LogP contribution < -0.4 is 0 Å². The van der Waals surface area contributed by atoms with Gasteiger partial charge >= 0.3 is 0 Å². The fourth-order valence-corrected chi connectivity index (χ4v) is 2.04. The van der Waals surface area contributed by atoms with Crippen molar-refractivity contribution in [2.24, 2.45) is 22.7 Å². The first-order valence-corrected chi connectivity index (χ1v) is 7.11. The molecule has 19 heavy (non-hydrogen) atoms. The SMILES string of the molecule is CC(C)C=NC1=C/C(C)CC(C(C)C)=C/C=C\1C=N. The van der Waals surface area contributed by atoms with Crippen molar-refractivity contribution >= 4 is 12.4 Å². The molecule has 0 heterocycles. The molecule has 0 amide bonds. The van der Waals surface area contributed by atoms with Gasteiger partial charge in [-0.25, -0.2) is 0 Å². The lowest BCUT2D eigenvalue weighted by Crippen LogP contribution is -2.04. The summed E-state index contributed by atoms with van der Waals surface area (Å²) in [7, 11) is 0. The van der Waals surface area contributed by atoms with Crippen molar-refractivity contribution in [2.75, 3.05) is 0 Å². The zero-order chi connectivity index (χ0) is 14.4. The van der Waals surface area contributed by atoms with Crippen LogP contribution in [0.15, 0.2) is 40.1 Å². The van der Waals surface area contributed by atoms with Crippen molar-refractivity contribution < 1.29 is 0 Å². The predicted octanol–water partition coefficient (Wildman–Crippen LogP) is 4.80. The van der Waals surface area contributed by atoms with Crippen LogP contribution in [0.4, 0.5) is 0 Å². The summed E-state index contributed by atoms with van der Waals surface area (Å²) < 4.78 is 0. The first kappa shape index (κ1) is 15.6. The van der Waals surface area contributed by atoms with Gasteiger partial charge < -0.3 is 5.41 Å². The van der Waals surface area contributed by atoms with Gasteiger partial charge in [0.25, 0.3) is 0 Å². The Morgan fingerprint density at radius 2 is 1.95 bits per heavy atom. The van der Waals surface area contributed by atoms with Crippen molar-refractivity contribution in [1.82, 2.24) is 0 Å². The van der Waals surface area contributed by atoms with E-state index in [2.05, 4.69) is 51.8 Å². The monoisotopic (exact) mass is 258 g/mol. The van der Waals surface area contributed by atoms with E-state index in [-0.39, 0.29) is 0 Å². The van der Waals surface area contributed by atoms with Crippen LogP contribution in [0.5, 0.6) is 0 Å². The Labute approximate surface area is 117 Å². The highest BCUT2D eigenvalue weighted by Gasteiger charge is 2.12. The number of rotatable bonds is 4. The molecule has 0 aromatic heterocycles. The molecule has 1 rings (SSSR count). The fourth-order valence-electron chi connectivity index (χ4n) is 2.04. The van der Waals surface area contributed by atoms with E-state index in [1.54, 1.807) is 0 Å². The van der Waals surface area contributed by atoms with Gasteiger partial charge in [-0.05, 0) is 24.2 Å². The average Bonchev–Trinajstić information content (AvgIpc) is 2.31. The molecule has 0 aromatic rings. The van der Waals surface area contributed by atoms with Crippen molar-refractivity contribution in [3.05, 3.63) is 35.1 Å². The average molecular weight is 258 g/mol. The molecule has 0 fully saturated rings. The van der Waals surface area contributed by atoms with Crippen molar-refractivity contribution in [1.29, 1.82) is 5.41 Å². The summed E-state index contributed by atoms with van der Waals surface area (Å²) >= 11 is 0. The van der Waals surface area contributed by atoms with Crippen molar-refractivity contribution in [2.45, 2.75) is 41.0 Å². The van der Waals surface area contributed by atoms with E-state index in [0.29, 0.717) is 17.8 Å². The third-order valence-corrected chi connectivity index (χ3v) is 3.18. The highest BCUT2D eigenvalue weighted by Crippen LogP contribution is 2.26. The Kier molecular flexibility index (Phi) is 5.94. The van der Waals surface area contributed by atoms with Crippen LogP contribution in [0.3, 0.4) is 0 Å². The van der Waals surface area contributed by atoms with Crippen LogP contribution in [0.1, 0.15) is 41.0 Å². The van der Waals surface area contributed by atoms with Gasteiger partial charge in [-0.2, -0.15) is 0 Å². The Morgan fingerprint density at radius 1 is 1.26 bits per heavy atom. The standard InChI is InChI=1S/C17H26N2/c1-12(2)11-19-17-9-14(5)8-15(13(3)4)6-7-16(17)10-18/h6-7,9-14,18H,8H2,1-5H3/b15-6?,16-7-,17-9+,18-10?,19-11?. The quantitative estimate of drug-likeness (QED) is 0.703. The highest BCUT2D eigenvalue weighted by atomic mass is 14.7. The van der Waals surface area contributed by atoms with E-state index < -0.39 is 0 Å². The Balaban J connectivity index is 3.13. The van der Waals surface area contributed by atoms with Crippen molar-refractivity contribution in [3.8, 4) is 0 Å². The van der Waals surface area contributed by atoms with E-state index in [1.165, 1.54) is 11.8 Å². The lowest BCUT2D eigenvalue weighted by Gasteiger charge is -2.17. The molecule has 2 heteroatoms. The molecule has 0 aromatic carbocycles. The van der Waals surface area contributed by atoms with Gasteiger partial charge in [0, 0.05) is 18.0 Å². The van der Waals surface area contributed by atoms with Gasteiger partial charge in [-0.1, -0.05) is 58.4 Å². The molecule has 104 valence electrons. The molecule has 1 atom stereocenters. The molecule has 1 N–H and O–H groups in total. The number of hydrogen-bond acceptors (Lipinski definition) is 2. The summed E-state index contributed by atoms with van der Waals surface area (Å²) in [5.41, 5.74) is 3.26. The maximum atomic E-state index is 7.58. The smallest absolute Gasteiger partial charge is 0.0676 e. The van der Waals surface area contributed by atoms with Gasteiger partial charge in [0.15, 0.2) is 0 Å². The summed E-state index contributed by atoms with van der Waals surface area (Å²) in [5.74, 6) is 1.44. The number of nitrogens with one attached hydrogen (secondary N) is 1. The predicted molar refractivity (Wildman–Crippen MR) is 85.0 cm³/mol. The minimum atomic E-state index is 0.426. The Hall–Kier alpha value is -1.44. The van der Waals surface area contributed by atoms with Crippen LogP contribution in [0.25, 0.3) is 0 Å². The Bertz CT molecular complexity index is 434. The van der Waals surface area contributed by atoms with Crippen LogP contribution in [-0.4, -0.2) is 12.4 Å². The van der Waals surface area contributed by atoms with E-state index in [1.807, 2.05) is 12.3 Å². The van der Waals surface area contributed by atoms with Gasteiger partial charge in [0.05, 0.1) is 5.70 Å². The molecular weight excluding hydrogens is 232 g/mol. The molecule has 1 aliphatic carbocycles. The molecule has 0 aliphatic heterocycles. The molecule has 0 saturated heterocycles. The second-order valence-electron chi connectivity index (χ2n) is 5.92. The van der Waals surface area contributed by atoms with Gasteiger partial charge in [0.1, 0.15) is 0 Å². The van der Waals surface area contributed by atoms with Gasteiger partial charge in [-0.15, -0.1) is 0 Å². The second kappa shape index (κ2) is 7.22. The third-order valence-electron chi connectivity index (χ3n) is 3.18.